The number of phenolic OH excluding ortho intramolecular Hbond substituents is 2. The smallest absolute Gasteiger partial charge is 0.254 e. The van der Waals surface area contributed by atoms with E-state index >= 15 is 0 Å². The van der Waals surface area contributed by atoms with Crippen molar-refractivity contribution in [2.45, 2.75) is 13.0 Å². The predicted octanol–water partition coefficient (Wildman–Crippen LogP) is 1.34. The third kappa shape index (κ3) is 3.32. The van der Waals surface area contributed by atoms with E-state index in [1.807, 2.05) is 6.07 Å². The van der Waals surface area contributed by atoms with E-state index in [-0.39, 0.29) is 11.5 Å². The molecule has 0 aliphatic heterocycles. The Morgan fingerprint density at radius 3 is 2.87 bits per heavy atom. The Labute approximate surface area is 132 Å². The Bertz CT molecular complexity index is 818. The molecule has 2 heterocycles. The van der Waals surface area contributed by atoms with Crippen LogP contribution in [0.3, 0.4) is 0 Å². The minimum absolute atomic E-state index is 0.118. The van der Waals surface area contributed by atoms with Gasteiger partial charge in [0.2, 0.25) is 0 Å². The number of rotatable bonds is 6. The first-order valence-corrected chi connectivity index (χ1v) is 7.10. The summed E-state index contributed by atoms with van der Waals surface area (Å²) < 4.78 is 6.73. The maximum absolute atomic E-state index is 9.51. The quantitative estimate of drug-likeness (QED) is 0.589. The average Bonchev–Trinajstić information content (AvgIpc) is 3.00. The molecule has 0 atom stereocenters. The molecular weight excluding hydrogens is 298 g/mol. The molecule has 3 rings (SSSR count). The highest BCUT2D eigenvalue weighted by Crippen LogP contribution is 2.25. The number of hydrogen-bond donors (Lipinski definition) is 3. The van der Waals surface area contributed by atoms with E-state index < -0.39 is 0 Å². The molecule has 0 bridgehead atoms. The summed E-state index contributed by atoms with van der Waals surface area (Å²) in [5.74, 6) is 1.03. The van der Waals surface area contributed by atoms with Crippen molar-refractivity contribution < 1.29 is 14.9 Å². The Hall–Kier alpha value is -2.87. The van der Waals surface area contributed by atoms with Crippen molar-refractivity contribution in [3.05, 3.63) is 41.9 Å². The van der Waals surface area contributed by atoms with Gasteiger partial charge in [0.25, 0.3) is 5.78 Å². The summed E-state index contributed by atoms with van der Waals surface area (Å²) in [4.78, 5) is 8.43. The lowest BCUT2D eigenvalue weighted by atomic mass is 10.1. The van der Waals surface area contributed by atoms with Crippen molar-refractivity contribution in [1.82, 2.24) is 19.6 Å². The van der Waals surface area contributed by atoms with E-state index in [2.05, 4.69) is 20.4 Å². The van der Waals surface area contributed by atoms with Gasteiger partial charge in [-0.05, 0) is 24.1 Å². The van der Waals surface area contributed by atoms with Crippen molar-refractivity contribution in [1.29, 1.82) is 0 Å². The molecule has 8 nitrogen and oxygen atoms in total. The van der Waals surface area contributed by atoms with Crippen LogP contribution in [0.1, 0.15) is 11.3 Å². The normalized spacial score (nSPS) is 11.0. The molecule has 8 heteroatoms. The van der Waals surface area contributed by atoms with Gasteiger partial charge in [-0.3, -0.25) is 0 Å². The minimum Gasteiger partial charge on any atom is -0.504 e. The number of aromatic hydroxyl groups is 2. The molecular formula is C15H17N5O3. The average molecular weight is 315 g/mol. The molecule has 0 radical (unpaired) electrons. The van der Waals surface area contributed by atoms with E-state index in [9.17, 15) is 10.2 Å². The maximum atomic E-state index is 9.51. The highest BCUT2D eigenvalue weighted by molar-refractivity contribution is 5.45. The summed E-state index contributed by atoms with van der Waals surface area (Å²) in [6, 6.07) is 6.65. The third-order valence-electron chi connectivity index (χ3n) is 3.36. The molecule has 0 saturated carbocycles. The molecule has 0 aliphatic rings. The zero-order valence-electron chi connectivity index (χ0n) is 12.6. The van der Waals surface area contributed by atoms with E-state index in [4.69, 9.17) is 4.74 Å². The summed E-state index contributed by atoms with van der Waals surface area (Å²) in [6.07, 6.45) is 2.12. The van der Waals surface area contributed by atoms with Gasteiger partial charge in [-0.15, -0.1) is 0 Å². The van der Waals surface area contributed by atoms with Gasteiger partial charge in [-0.1, -0.05) is 6.07 Å². The number of hydrogen-bond acceptors (Lipinski definition) is 7. The van der Waals surface area contributed by atoms with E-state index in [0.29, 0.717) is 25.4 Å². The van der Waals surface area contributed by atoms with Crippen LogP contribution in [0.15, 0.2) is 30.6 Å². The molecule has 3 aromatic rings. The number of aromatic nitrogens is 4. The number of benzene rings is 1. The highest BCUT2D eigenvalue weighted by atomic mass is 16.5. The number of fused-ring (bicyclic) bond motifs is 1. The minimum atomic E-state index is -0.121. The number of methoxy groups -OCH3 is 1. The van der Waals surface area contributed by atoms with Gasteiger partial charge in [0, 0.05) is 19.7 Å². The largest absolute Gasteiger partial charge is 0.504 e. The first kappa shape index (κ1) is 15.0. The monoisotopic (exact) mass is 315 g/mol. The van der Waals surface area contributed by atoms with Crippen LogP contribution in [0.25, 0.3) is 5.78 Å². The lowest BCUT2D eigenvalue weighted by Crippen LogP contribution is -2.11. The molecule has 2 aromatic heterocycles. The molecule has 1 aromatic carbocycles. The number of nitrogens with one attached hydrogen (secondary N) is 1. The molecule has 120 valence electrons. The van der Waals surface area contributed by atoms with Crippen molar-refractivity contribution in [2.24, 2.45) is 0 Å². The molecule has 0 aliphatic carbocycles. The molecule has 23 heavy (non-hydrogen) atoms. The third-order valence-corrected chi connectivity index (χ3v) is 3.36. The Morgan fingerprint density at radius 2 is 2.09 bits per heavy atom. The van der Waals surface area contributed by atoms with Gasteiger partial charge in [-0.2, -0.15) is 14.6 Å². The van der Waals surface area contributed by atoms with Crippen LogP contribution < -0.4 is 5.32 Å². The first-order valence-electron chi connectivity index (χ1n) is 7.10. The second-order valence-electron chi connectivity index (χ2n) is 5.04. The SMILES string of the molecule is COCc1cc(NCCc2ccc(O)c(O)c2)n2ncnc2n1. The van der Waals surface area contributed by atoms with Crippen LogP contribution in [-0.4, -0.2) is 43.4 Å². The van der Waals surface area contributed by atoms with Crippen LogP contribution in [0, 0.1) is 0 Å². The van der Waals surface area contributed by atoms with Gasteiger partial charge in [0.1, 0.15) is 12.1 Å². The lowest BCUT2D eigenvalue weighted by Gasteiger charge is -2.10. The van der Waals surface area contributed by atoms with E-state index in [0.717, 1.165) is 17.1 Å². The molecule has 0 unspecified atom stereocenters. The van der Waals surface area contributed by atoms with Gasteiger partial charge in [0.05, 0.1) is 12.3 Å². The van der Waals surface area contributed by atoms with Crippen LogP contribution >= 0.6 is 0 Å². The number of nitrogens with zero attached hydrogens (tertiary/aromatic N) is 4. The van der Waals surface area contributed by atoms with Crippen molar-refractivity contribution in [3.63, 3.8) is 0 Å². The number of ether oxygens (including phenoxy) is 1. The molecule has 3 N–H and O–H groups in total. The predicted molar refractivity (Wildman–Crippen MR) is 83.5 cm³/mol. The fourth-order valence-corrected chi connectivity index (χ4v) is 2.27. The molecule has 0 amide bonds. The van der Waals surface area contributed by atoms with Gasteiger partial charge < -0.3 is 20.3 Å². The second kappa shape index (κ2) is 6.49. The standard InChI is InChI=1S/C15H17N5O3/c1-23-8-11-7-14(20-15(19-11)17-9-18-20)16-5-4-10-2-3-12(21)13(22)6-10/h2-3,6-7,9,16,21-22H,4-5,8H2,1H3. The van der Waals surface area contributed by atoms with Crippen molar-refractivity contribution in [2.75, 3.05) is 19.0 Å². The Morgan fingerprint density at radius 1 is 1.22 bits per heavy atom. The van der Waals surface area contributed by atoms with Gasteiger partial charge >= 0.3 is 0 Å². The zero-order valence-corrected chi connectivity index (χ0v) is 12.6. The fourth-order valence-electron chi connectivity index (χ4n) is 2.27. The Balaban J connectivity index is 1.73. The zero-order chi connectivity index (χ0) is 16.2. The van der Waals surface area contributed by atoms with Gasteiger partial charge in [0.15, 0.2) is 11.5 Å². The van der Waals surface area contributed by atoms with Crippen LogP contribution in [0.4, 0.5) is 5.82 Å². The van der Waals surface area contributed by atoms with E-state index in [1.54, 1.807) is 23.8 Å². The van der Waals surface area contributed by atoms with Crippen molar-refractivity contribution >= 4 is 11.6 Å². The summed E-state index contributed by atoms with van der Waals surface area (Å²) >= 11 is 0. The first-order chi connectivity index (χ1) is 11.2. The molecule has 0 saturated heterocycles. The number of anilines is 1. The summed E-state index contributed by atoms with van der Waals surface area (Å²) in [5, 5.41) is 26.2. The lowest BCUT2D eigenvalue weighted by molar-refractivity contribution is 0.181. The maximum Gasteiger partial charge on any atom is 0.254 e. The van der Waals surface area contributed by atoms with E-state index in [1.165, 1.54) is 12.4 Å². The van der Waals surface area contributed by atoms with Crippen molar-refractivity contribution in [3.8, 4) is 11.5 Å². The highest BCUT2D eigenvalue weighted by Gasteiger charge is 2.07. The summed E-state index contributed by atoms with van der Waals surface area (Å²) in [6.45, 7) is 1.01. The topological polar surface area (TPSA) is 105 Å². The Kier molecular flexibility index (Phi) is 4.24. The van der Waals surface area contributed by atoms with Crippen LogP contribution in [-0.2, 0) is 17.8 Å². The summed E-state index contributed by atoms with van der Waals surface area (Å²) in [7, 11) is 1.61. The summed E-state index contributed by atoms with van der Waals surface area (Å²) in [5.41, 5.74) is 1.67. The number of phenols is 2. The van der Waals surface area contributed by atoms with Crippen LogP contribution in [0.2, 0.25) is 0 Å². The van der Waals surface area contributed by atoms with Crippen LogP contribution in [0.5, 0.6) is 11.5 Å². The second-order valence-corrected chi connectivity index (χ2v) is 5.04. The molecule has 0 fully saturated rings. The molecule has 0 spiro atoms. The van der Waals surface area contributed by atoms with Gasteiger partial charge in [-0.25, -0.2) is 4.98 Å². The fraction of sp³-hybridized carbons (Fsp3) is 0.267.